The van der Waals surface area contributed by atoms with E-state index >= 15 is 0 Å². The van der Waals surface area contributed by atoms with Gasteiger partial charge in [-0.1, -0.05) is 38.0 Å². The maximum atomic E-state index is 8.65. The van der Waals surface area contributed by atoms with E-state index < -0.39 is 0 Å². The van der Waals surface area contributed by atoms with Gasteiger partial charge in [-0.25, -0.2) is 9.98 Å². The molecule has 2 aliphatic rings. The third-order valence-corrected chi connectivity index (χ3v) is 6.78. The summed E-state index contributed by atoms with van der Waals surface area (Å²) < 4.78 is 11.4. The molecule has 2 aromatic rings. The van der Waals surface area contributed by atoms with E-state index in [0.717, 1.165) is 71.4 Å². The number of nitrogens with one attached hydrogen (secondary N) is 1. The smallest absolute Gasteiger partial charge is 0.188 e. The Hall–Kier alpha value is -2.45. The molecule has 4 rings (SSSR count). The zero-order valence-corrected chi connectivity index (χ0v) is 19.4. The van der Waals surface area contributed by atoms with Crippen LogP contribution in [0, 0.1) is 5.41 Å². The minimum atomic E-state index is 0.245. The summed E-state index contributed by atoms with van der Waals surface area (Å²) in [5.74, 6) is 1.47. The van der Waals surface area contributed by atoms with Crippen molar-refractivity contribution in [3.8, 4) is 5.75 Å². The number of rotatable bonds is 8. The highest BCUT2D eigenvalue weighted by atomic mass is 32.1. The number of hydrogen-bond acceptors (Lipinski definition) is 7. The van der Waals surface area contributed by atoms with Crippen molar-refractivity contribution < 1.29 is 9.47 Å². The standard InChI is InChI=1S/C23H31N5O2S/c1-4-7-14-13-16(30-6-3)18-17(15(14)8-5-2)19(26-21(18)24)20-22(25)27-23(31-20)28-9-11-29-12-10-28/h13,24H,4-12,25H2,1-3H3. The molecule has 1 aromatic heterocycles. The summed E-state index contributed by atoms with van der Waals surface area (Å²) in [5, 5.41) is 9.55. The summed E-state index contributed by atoms with van der Waals surface area (Å²) in [6.45, 7) is 9.91. The van der Waals surface area contributed by atoms with Crippen molar-refractivity contribution in [2.45, 2.75) is 46.5 Å². The van der Waals surface area contributed by atoms with Crippen LogP contribution < -0.4 is 15.4 Å². The molecule has 1 fully saturated rings. The van der Waals surface area contributed by atoms with Crippen LogP contribution in [0.15, 0.2) is 11.1 Å². The SMILES string of the molecule is CCCc1cc(OCC)c2c(c1CCC)C(c1sc(N3CCOCC3)nc1N)=NC2=N. The lowest BCUT2D eigenvalue weighted by Gasteiger charge is -2.25. The summed E-state index contributed by atoms with van der Waals surface area (Å²) >= 11 is 1.56. The molecule has 8 heteroatoms. The molecule has 0 aliphatic carbocycles. The third kappa shape index (κ3) is 4.06. The second-order valence-corrected chi connectivity index (χ2v) is 8.79. The Balaban J connectivity index is 1.85. The Morgan fingerprint density at radius 1 is 1.16 bits per heavy atom. The number of morpholine rings is 1. The minimum absolute atomic E-state index is 0.245. The fourth-order valence-electron chi connectivity index (χ4n) is 4.31. The number of hydrogen-bond donors (Lipinski definition) is 2. The quantitative estimate of drug-likeness (QED) is 0.644. The highest BCUT2D eigenvalue weighted by Crippen LogP contribution is 2.40. The lowest BCUT2D eigenvalue weighted by Crippen LogP contribution is -2.36. The highest BCUT2D eigenvalue weighted by Gasteiger charge is 2.33. The molecule has 1 aromatic carbocycles. The number of ether oxygens (including phenoxy) is 2. The van der Waals surface area contributed by atoms with Gasteiger partial charge in [0.05, 0.1) is 36.0 Å². The van der Waals surface area contributed by atoms with Crippen LogP contribution >= 0.6 is 11.3 Å². The van der Waals surface area contributed by atoms with E-state index in [1.165, 1.54) is 11.1 Å². The first-order valence-electron chi connectivity index (χ1n) is 11.2. The molecule has 31 heavy (non-hydrogen) atoms. The van der Waals surface area contributed by atoms with Gasteiger partial charge in [0.25, 0.3) is 0 Å². The minimum Gasteiger partial charge on any atom is -0.493 e. The number of nitrogens with two attached hydrogens (primary N) is 1. The van der Waals surface area contributed by atoms with Gasteiger partial charge in [-0.3, -0.25) is 5.41 Å². The largest absolute Gasteiger partial charge is 0.493 e. The number of aliphatic imine (C=N–C) groups is 1. The zero-order chi connectivity index (χ0) is 22.0. The van der Waals surface area contributed by atoms with Crippen LogP contribution in [-0.4, -0.2) is 49.4 Å². The average Bonchev–Trinajstić information content (AvgIpc) is 3.32. The fourth-order valence-corrected chi connectivity index (χ4v) is 5.35. The van der Waals surface area contributed by atoms with E-state index in [2.05, 4.69) is 29.8 Å². The summed E-state index contributed by atoms with van der Waals surface area (Å²) in [5.41, 5.74) is 11.5. The van der Waals surface area contributed by atoms with Crippen LogP contribution in [0.1, 0.15) is 60.7 Å². The number of aromatic nitrogens is 1. The number of fused-ring (bicyclic) bond motifs is 1. The van der Waals surface area contributed by atoms with Gasteiger partial charge in [-0.05, 0) is 37.0 Å². The van der Waals surface area contributed by atoms with E-state index in [-0.39, 0.29) is 5.84 Å². The van der Waals surface area contributed by atoms with Crippen molar-refractivity contribution in [3.05, 3.63) is 33.2 Å². The summed E-state index contributed by atoms with van der Waals surface area (Å²) in [4.78, 5) is 12.4. The molecule has 0 unspecified atom stereocenters. The summed E-state index contributed by atoms with van der Waals surface area (Å²) in [7, 11) is 0. The Labute approximate surface area is 187 Å². The number of anilines is 2. The first-order valence-corrected chi connectivity index (χ1v) is 12.0. The number of benzene rings is 1. The topological polar surface area (TPSA) is 96.8 Å². The maximum absolute atomic E-state index is 8.65. The molecule has 0 amide bonds. The second-order valence-electron chi connectivity index (χ2n) is 7.81. The predicted molar refractivity (Wildman–Crippen MR) is 128 cm³/mol. The molecular formula is C23H31N5O2S. The van der Waals surface area contributed by atoms with Crippen molar-refractivity contribution in [3.63, 3.8) is 0 Å². The average molecular weight is 442 g/mol. The van der Waals surface area contributed by atoms with Crippen molar-refractivity contribution in [1.82, 2.24) is 4.98 Å². The predicted octanol–water partition coefficient (Wildman–Crippen LogP) is 4.04. The van der Waals surface area contributed by atoms with Gasteiger partial charge in [0.15, 0.2) is 11.0 Å². The lowest BCUT2D eigenvalue weighted by molar-refractivity contribution is 0.122. The van der Waals surface area contributed by atoms with Gasteiger partial charge < -0.3 is 20.1 Å². The van der Waals surface area contributed by atoms with Crippen LogP contribution in [0.4, 0.5) is 10.9 Å². The maximum Gasteiger partial charge on any atom is 0.188 e. The molecule has 1 saturated heterocycles. The number of thiazole rings is 1. The van der Waals surface area contributed by atoms with Gasteiger partial charge >= 0.3 is 0 Å². The van der Waals surface area contributed by atoms with E-state index in [1.807, 2.05) is 6.92 Å². The molecule has 7 nitrogen and oxygen atoms in total. The normalized spacial score (nSPS) is 15.9. The van der Waals surface area contributed by atoms with Crippen LogP contribution in [-0.2, 0) is 17.6 Å². The van der Waals surface area contributed by atoms with Crippen molar-refractivity contribution in [1.29, 1.82) is 5.41 Å². The Kier molecular flexibility index (Phi) is 6.57. The highest BCUT2D eigenvalue weighted by molar-refractivity contribution is 7.18. The fraction of sp³-hybridized carbons (Fsp3) is 0.522. The molecule has 0 radical (unpaired) electrons. The molecule has 0 saturated carbocycles. The van der Waals surface area contributed by atoms with Crippen molar-refractivity contribution in [2.75, 3.05) is 43.5 Å². The summed E-state index contributed by atoms with van der Waals surface area (Å²) in [6, 6.07) is 2.12. The molecular weight excluding hydrogens is 410 g/mol. The van der Waals surface area contributed by atoms with Gasteiger partial charge in [0.1, 0.15) is 11.6 Å². The second kappa shape index (κ2) is 9.36. The van der Waals surface area contributed by atoms with Gasteiger partial charge in [-0.15, -0.1) is 0 Å². The van der Waals surface area contributed by atoms with E-state index in [4.69, 9.17) is 25.6 Å². The van der Waals surface area contributed by atoms with Crippen LogP contribution in [0.2, 0.25) is 0 Å². The Morgan fingerprint density at radius 2 is 1.90 bits per heavy atom. The molecule has 0 spiro atoms. The zero-order valence-electron chi connectivity index (χ0n) is 18.6. The van der Waals surface area contributed by atoms with Crippen molar-refractivity contribution >= 4 is 33.8 Å². The molecule has 166 valence electrons. The Bertz CT molecular complexity index is 1010. The van der Waals surface area contributed by atoms with Crippen molar-refractivity contribution in [2.24, 2.45) is 4.99 Å². The van der Waals surface area contributed by atoms with Crippen LogP contribution in [0.5, 0.6) is 5.75 Å². The number of nitrogen functional groups attached to an aromatic ring is 1. The van der Waals surface area contributed by atoms with Crippen LogP contribution in [0.25, 0.3) is 0 Å². The third-order valence-electron chi connectivity index (χ3n) is 5.65. The first-order chi connectivity index (χ1) is 15.1. The molecule has 3 N–H and O–H groups in total. The number of amidine groups is 1. The molecule has 0 atom stereocenters. The Morgan fingerprint density at radius 3 is 2.58 bits per heavy atom. The molecule has 2 aliphatic heterocycles. The van der Waals surface area contributed by atoms with Gasteiger partial charge in [0, 0.05) is 18.7 Å². The molecule has 0 bridgehead atoms. The van der Waals surface area contributed by atoms with Gasteiger partial charge in [0.2, 0.25) is 0 Å². The van der Waals surface area contributed by atoms with Gasteiger partial charge in [-0.2, -0.15) is 0 Å². The van der Waals surface area contributed by atoms with E-state index in [0.29, 0.717) is 25.6 Å². The number of nitrogens with zero attached hydrogens (tertiary/aromatic N) is 3. The summed E-state index contributed by atoms with van der Waals surface area (Å²) in [6.07, 6.45) is 3.98. The number of aryl methyl sites for hydroxylation is 1. The molecule has 3 heterocycles. The lowest BCUT2D eigenvalue weighted by atomic mass is 9.88. The van der Waals surface area contributed by atoms with E-state index in [9.17, 15) is 0 Å². The first kappa shape index (κ1) is 21.8. The van der Waals surface area contributed by atoms with Crippen LogP contribution in [0.3, 0.4) is 0 Å². The van der Waals surface area contributed by atoms with E-state index in [1.54, 1.807) is 11.3 Å². The monoisotopic (exact) mass is 441 g/mol.